The first-order valence-corrected chi connectivity index (χ1v) is 6.00. The standard InChI is InChI=1S/C16H13NO3/c1-20-12-11-16(13-5-3-2-4-6-13)14-7-9-15(10-8-14)17(18)19/h2-10,12H,1H3. The van der Waals surface area contributed by atoms with E-state index in [1.54, 1.807) is 19.2 Å². The minimum absolute atomic E-state index is 0.0666. The normalized spacial score (nSPS) is 9.45. The fraction of sp³-hybridized carbons (Fsp3) is 0.0625. The van der Waals surface area contributed by atoms with E-state index in [0.717, 1.165) is 16.7 Å². The van der Waals surface area contributed by atoms with Gasteiger partial charge in [-0.2, -0.15) is 0 Å². The quantitative estimate of drug-likeness (QED) is 0.366. The summed E-state index contributed by atoms with van der Waals surface area (Å²) in [5.74, 6) is 0. The van der Waals surface area contributed by atoms with Gasteiger partial charge in [0.1, 0.15) is 6.26 Å². The molecule has 0 fully saturated rings. The summed E-state index contributed by atoms with van der Waals surface area (Å²) in [5, 5.41) is 10.7. The fourth-order valence-corrected chi connectivity index (χ4v) is 1.81. The van der Waals surface area contributed by atoms with Gasteiger partial charge in [0.15, 0.2) is 0 Å². The van der Waals surface area contributed by atoms with Gasteiger partial charge in [-0.15, -0.1) is 0 Å². The van der Waals surface area contributed by atoms with Gasteiger partial charge in [0.25, 0.3) is 5.69 Å². The first-order valence-electron chi connectivity index (χ1n) is 6.00. The average Bonchev–Trinajstić information content (AvgIpc) is 2.49. The van der Waals surface area contributed by atoms with Crippen LogP contribution in [0.3, 0.4) is 0 Å². The summed E-state index contributed by atoms with van der Waals surface area (Å²) in [6.45, 7) is 0. The highest BCUT2D eigenvalue weighted by molar-refractivity contribution is 5.79. The summed E-state index contributed by atoms with van der Waals surface area (Å²) in [7, 11) is 1.55. The topological polar surface area (TPSA) is 52.4 Å². The SMILES string of the molecule is COC=C=C(c1ccccc1)c1ccc([N+](=O)[O-])cc1. The van der Waals surface area contributed by atoms with E-state index in [0.29, 0.717) is 0 Å². The molecule has 2 aromatic rings. The number of benzene rings is 2. The molecule has 0 N–H and O–H groups in total. The van der Waals surface area contributed by atoms with E-state index >= 15 is 0 Å². The maximum absolute atomic E-state index is 10.7. The molecule has 0 unspecified atom stereocenters. The molecule has 0 heterocycles. The molecule has 0 aliphatic rings. The summed E-state index contributed by atoms with van der Waals surface area (Å²) in [4.78, 5) is 10.3. The molecule has 4 heteroatoms. The summed E-state index contributed by atoms with van der Waals surface area (Å²) in [6, 6.07) is 16.1. The monoisotopic (exact) mass is 267 g/mol. The van der Waals surface area contributed by atoms with E-state index in [1.165, 1.54) is 18.4 Å². The zero-order chi connectivity index (χ0) is 14.4. The lowest BCUT2D eigenvalue weighted by atomic mass is 9.99. The molecule has 0 saturated heterocycles. The third-order valence-electron chi connectivity index (χ3n) is 2.75. The van der Waals surface area contributed by atoms with E-state index in [9.17, 15) is 10.1 Å². The molecule has 2 aromatic carbocycles. The second-order valence-corrected chi connectivity index (χ2v) is 4.04. The van der Waals surface area contributed by atoms with Crippen LogP contribution in [0.5, 0.6) is 0 Å². The Kier molecular flexibility index (Phi) is 4.32. The Hall–Kier alpha value is -2.84. The molecular weight excluding hydrogens is 254 g/mol. The van der Waals surface area contributed by atoms with Crippen molar-refractivity contribution in [3.63, 3.8) is 0 Å². The van der Waals surface area contributed by atoms with E-state index < -0.39 is 4.92 Å². The van der Waals surface area contributed by atoms with Crippen LogP contribution in [0.25, 0.3) is 5.57 Å². The zero-order valence-electron chi connectivity index (χ0n) is 10.9. The first kappa shape index (κ1) is 13.6. The molecule has 4 nitrogen and oxygen atoms in total. The minimum atomic E-state index is -0.416. The number of nitrogens with zero attached hydrogens (tertiary/aromatic N) is 1. The number of rotatable bonds is 4. The van der Waals surface area contributed by atoms with Crippen LogP contribution in [0.15, 0.2) is 66.6 Å². The van der Waals surface area contributed by atoms with Gasteiger partial charge in [-0.05, 0) is 23.3 Å². The van der Waals surface area contributed by atoms with Crippen molar-refractivity contribution in [2.45, 2.75) is 0 Å². The van der Waals surface area contributed by atoms with E-state index in [1.807, 2.05) is 30.3 Å². The van der Waals surface area contributed by atoms with Gasteiger partial charge in [0, 0.05) is 17.7 Å². The fourth-order valence-electron chi connectivity index (χ4n) is 1.81. The molecule has 0 amide bonds. The van der Waals surface area contributed by atoms with Crippen LogP contribution in [0.1, 0.15) is 11.1 Å². The predicted octanol–water partition coefficient (Wildman–Crippen LogP) is 3.79. The molecule has 0 aromatic heterocycles. The summed E-state index contributed by atoms with van der Waals surface area (Å²) >= 11 is 0. The maximum atomic E-state index is 10.7. The van der Waals surface area contributed by atoms with Crippen LogP contribution in [0, 0.1) is 10.1 Å². The van der Waals surface area contributed by atoms with Gasteiger partial charge < -0.3 is 4.74 Å². The van der Waals surface area contributed by atoms with E-state index in [-0.39, 0.29) is 5.69 Å². The third-order valence-corrected chi connectivity index (χ3v) is 2.75. The zero-order valence-corrected chi connectivity index (χ0v) is 10.9. The average molecular weight is 267 g/mol. The van der Waals surface area contributed by atoms with Crippen LogP contribution in [-0.4, -0.2) is 12.0 Å². The Morgan fingerprint density at radius 3 is 2.25 bits per heavy atom. The van der Waals surface area contributed by atoms with Crippen LogP contribution < -0.4 is 0 Å². The molecular formula is C16H13NO3. The highest BCUT2D eigenvalue weighted by Gasteiger charge is 2.08. The molecule has 0 atom stereocenters. The van der Waals surface area contributed by atoms with Crippen LogP contribution in [0.4, 0.5) is 5.69 Å². The summed E-state index contributed by atoms with van der Waals surface area (Å²) in [6.07, 6.45) is 1.46. The van der Waals surface area contributed by atoms with Crippen molar-refractivity contribution in [3.8, 4) is 0 Å². The second kappa shape index (κ2) is 6.36. The third kappa shape index (κ3) is 3.13. The van der Waals surface area contributed by atoms with Crippen molar-refractivity contribution in [1.82, 2.24) is 0 Å². The lowest BCUT2D eigenvalue weighted by molar-refractivity contribution is -0.384. The Labute approximate surface area is 116 Å². The Morgan fingerprint density at radius 2 is 1.70 bits per heavy atom. The van der Waals surface area contributed by atoms with Gasteiger partial charge in [-0.1, -0.05) is 36.1 Å². The molecule has 20 heavy (non-hydrogen) atoms. The molecule has 0 aliphatic carbocycles. The molecule has 0 aliphatic heterocycles. The number of methoxy groups -OCH3 is 1. The van der Waals surface area contributed by atoms with Crippen LogP contribution in [0.2, 0.25) is 0 Å². The van der Waals surface area contributed by atoms with Crippen LogP contribution >= 0.6 is 0 Å². The highest BCUT2D eigenvalue weighted by atomic mass is 16.6. The minimum Gasteiger partial charge on any atom is -0.496 e. The Morgan fingerprint density at radius 1 is 1.10 bits per heavy atom. The number of hydrogen-bond acceptors (Lipinski definition) is 3. The van der Waals surface area contributed by atoms with Gasteiger partial charge >= 0.3 is 0 Å². The van der Waals surface area contributed by atoms with Gasteiger partial charge in [-0.25, -0.2) is 0 Å². The smallest absolute Gasteiger partial charge is 0.269 e. The summed E-state index contributed by atoms with van der Waals surface area (Å²) in [5.41, 5.74) is 5.75. The second-order valence-electron chi connectivity index (χ2n) is 4.04. The number of nitro benzene ring substituents is 1. The maximum Gasteiger partial charge on any atom is 0.269 e. The lowest BCUT2D eigenvalue weighted by Gasteiger charge is -2.05. The largest absolute Gasteiger partial charge is 0.496 e. The number of ether oxygens (including phenoxy) is 1. The lowest BCUT2D eigenvalue weighted by Crippen LogP contribution is -1.90. The highest BCUT2D eigenvalue weighted by Crippen LogP contribution is 2.24. The molecule has 0 bridgehead atoms. The molecule has 0 saturated carbocycles. The number of nitro groups is 1. The number of non-ortho nitro benzene ring substituents is 1. The van der Waals surface area contributed by atoms with Gasteiger partial charge in [0.2, 0.25) is 0 Å². The first-order chi connectivity index (χ1) is 9.72. The van der Waals surface area contributed by atoms with Gasteiger partial charge in [-0.3, -0.25) is 10.1 Å². The van der Waals surface area contributed by atoms with Crippen LogP contribution in [-0.2, 0) is 4.74 Å². The van der Waals surface area contributed by atoms with Crippen molar-refractivity contribution in [2.75, 3.05) is 7.11 Å². The van der Waals surface area contributed by atoms with Gasteiger partial charge in [0.05, 0.1) is 12.0 Å². The van der Waals surface area contributed by atoms with E-state index in [2.05, 4.69) is 5.73 Å². The molecule has 0 radical (unpaired) electrons. The summed E-state index contributed by atoms with van der Waals surface area (Å²) < 4.78 is 4.91. The van der Waals surface area contributed by atoms with Crippen molar-refractivity contribution >= 4 is 11.3 Å². The van der Waals surface area contributed by atoms with E-state index in [4.69, 9.17) is 4.74 Å². The van der Waals surface area contributed by atoms with Crippen molar-refractivity contribution in [1.29, 1.82) is 0 Å². The predicted molar refractivity (Wildman–Crippen MR) is 77.1 cm³/mol. The Balaban J connectivity index is 2.48. The Bertz CT molecular complexity index is 654. The molecule has 2 rings (SSSR count). The van der Waals surface area contributed by atoms with Crippen molar-refractivity contribution in [2.24, 2.45) is 0 Å². The molecule has 0 spiro atoms. The number of hydrogen-bond donors (Lipinski definition) is 0. The van der Waals surface area contributed by atoms with Crippen molar-refractivity contribution in [3.05, 3.63) is 87.8 Å². The molecule has 100 valence electrons. The van der Waals surface area contributed by atoms with Crippen molar-refractivity contribution < 1.29 is 9.66 Å².